The van der Waals surface area contributed by atoms with Crippen LogP contribution in [0.1, 0.15) is 59.9 Å². The lowest BCUT2D eigenvalue weighted by Gasteiger charge is -2.36. The number of thiophene rings is 1. The van der Waals surface area contributed by atoms with Crippen molar-refractivity contribution in [2.45, 2.75) is 57.2 Å². The second kappa shape index (κ2) is 6.30. The lowest BCUT2D eigenvalue weighted by molar-refractivity contribution is -0.148. The first-order valence-electron chi connectivity index (χ1n) is 8.17. The first kappa shape index (κ1) is 17.1. The SMILES string of the molecule is CCC[C@]1(CC(=O)O)OCCc2c1sc1c2C(C#N)C(F)C=C1C. The van der Waals surface area contributed by atoms with Gasteiger partial charge < -0.3 is 9.84 Å². The molecule has 0 fully saturated rings. The molecule has 3 atom stereocenters. The minimum Gasteiger partial charge on any atom is -0.481 e. The Morgan fingerprint density at radius 3 is 3.00 bits per heavy atom. The fourth-order valence-electron chi connectivity index (χ4n) is 3.89. The molecule has 1 N–H and O–H groups in total. The maximum absolute atomic E-state index is 14.4. The number of hydrogen-bond acceptors (Lipinski definition) is 4. The number of aliphatic carboxylic acids is 1. The third kappa shape index (κ3) is 2.56. The Hall–Kier alpha value is -1.71. The second-order valence-electron chi connectivity index (χ2n) is 6.47. The molecule has 0 amide bonds. The number of hydrogen-bond donors (Lipinski definition) is 1. The molecule has 0 spiro atoms. The Labute approximate surface area is 144 Å². The smallest absolute Gasteiger partial charge is 0.306 e. The number of nitrogens with zero attached hydrogens (tertiary/aromatic N) is 1. The molecular formula is C18H20FNO3S. The zero-order chi connectivity index (χ0) is 17.5. The molecule has 0 radical (unpaired) electrons. The normalized spacial score (nSPS) is 28.5. The van der Waals surface area contributed by atoms with Crippen LogP contribution in [0.5, 0.6) is 0 Å². The van der Waals surface area contributed by atoms with Crippen LogP contribution in [0.3, 0.4) is 0 Å². The van der Waals surface area contributed by atoms with Crippen molar-refractivity contribution in [1.82, 2.24) is 0 Å². The van der Waals surface area contributed by atoms with Crippen molar-refractivity contribution in [2.75, 3.05) is 6.61 Å². The Morgan fingerprint density at radius 1 is 1.62 bits per heavy atom. The fourth-order valence-corrected chi connectivity index (χ4v) is 5.44. The summed E-state index contributed by atoms with van der Waals surface area (Å²) in [6.07, 6.45) is 2.07. The summed E-state index contributed by atoms with van der Waals surface area (Å²) in [5.74, 6) is -1.72. The molecule has 128 valence electrons. The van der Waals surface area contributed by atoms with Crippen LogP contribution < -0.4 is 0 Å². The van der Waals surface area contributed by atoms with E-state index in [1.54, 1.807) is 0 Å². The van der Waals surface area contributed by atoms with E-state index < -0.39 is 23.7 Å². The van der Waals surface area contributed by atoms with E-state index in [9.17, 15) is 19.6 Å². The lowest BCUT2D eigenvalue weighted by Crippen LogP contribution is -2.37. The average Bonchev–Trinajstić information content (AvgIpc) is 2.89. The number of fused-ring (bicyclic) bond motifs is 3. The molecule has 0 saturated heterocycles. The van der Waals surface area contributed by atoms with Gasteiger partial charge in [-0.25, -0.2) is 4.39 Å². The highest BCUT2D eigenvalue weighted by atomic mass is 32.1. The highest BCUT2D eigenvalue weighted by molar-refractivity contribution is 7.13. The standard InChI is InChI=1S/C18H20FNO3S/c1-3-5-18(8-14(21)22)17-11(4-6-23-18)15-12(9-20)13(19)7-10(2)16(15)24-17/h7,12-13H,3-6,8H2,1-2H3,(H,21,22)/t12?,13?,18-/m1/s1. The first-order chi connectivity index (χ1) is 11.4. The summed E-state index contributed by atoms with van der Waals surface area (Å²) < 4.78 is 20.3. The molecule has 4 nitrogen and oxygen atoms in total. The van der Waals surface area contributed by atoms with Crippen molar-refractivity contribution in [3.63, 3.8) is 0 Å². The van der Waals surface area contributed by atoms with Crippen LogP contribution in [-0.4, -0.2) is 23.9 Å². The zero-order valence-electron chi connectivity index (χ0n) is 13.8. The number of carboxylic acids is 1. The van der Waals surface area contributed by atoms with Crippen molar-refractivity contribution in [2.24, 2.45) is 0 Å². The minimum absolute atomic E-state index is 0.105. The number of rotatable bonds is 4. The summed E-state index contributed by atoms with van der Waals surface area (Å²) >= 11 is 1.48. The van der Waals surface area contributed by atoms with Crippen LogP contribution >= 0.6 is 11.3 Å². The number of allylic oxidation sites excluding steroid dienone is 2. The van der Waals surface area contributed by atoms with Crippen molar-refractivity contribution in [3.05, 3.63) is 27.0 Å². The third-order valence-corrected chi connectivity index (χ3v) is 6.39. The summed E-state index contributed by atoms with van der Waals surface area (Å²) in [5.41, 5.74) is 1.67. The van der Waals surface area contributed by atoms with Gasteiger partial charge in [-0.3, -0.25) is 4.79 Å². The number of nitriles is 1. The fraction of sp³-hybridized carbons (Fsp3) is 0.556. The lowest BCUT2D eigenvalue weighted by atomic mass is 9.80. The van der Waals surface area contributed by atoms with E-state index >= 15 is 0 Å². The molecule has 0 saturated carbocycles. The summed E-state index contributed by atoms with van der Waals surface area (Å²) in [6.45, 7) is 4.25. The van der Waals surface area contributed by atoms with E-state index in [0.29, 0.717) is 19.4 Å². The molecular weight excluding hydrogens is 329 g/mol. The first-order valence-corrected chi connectivity index (χ1v) is 8.99. The summed E-state index contributed by atoms with van der Waals surface area (Å²) in [4.78, 5) is 13.2. The van der Waals surface area contributed by atoms with Crippen LogP contribution in [0, 0.1) is 11.3 Å². The van der Waals surface area contributed by atoms with Crippen molar-refractivity contribution in [1.29, 1.82) is 5.26 Å². The predicted molar refractivity (Wildman–Crippen MR) is 89.7 cm³/mol. The molecule has 1 aromatic rings. The molecule has 24 heavy (non-hydrogen) atoms. The number of carbonyl (C=O) groups is 1. The van der Waals surface area contributed by atoms with Crippen LogP contribution in [0.25, 0.3) is 5.57 Å². The topological polar surface area (TPSA) is 70.3 Å². The molecule has 1 aliphatic heterocycles. The molecule has 1 aliphatic carbocycles. The van der Waals surface area contributed by atoms with Gasteiger partial charge in [-0.1, -0.05) is 13.3 Å². The van der Waals surface area contributed by atoms with Crippen molar-refractivity contribution in [3.8, 4) is 6.07 Å². The third-order valence-electron chi connectivity index (χ3n) is 4.82. The molecule has 2 heterocycles. The van der Waals surface area contributed by atoms with Gasteiger partial charge in [0.25, 0.3) is 0 Å². The highest BCUT2D eigenvalue weighted by Gasteiger charge is 2.45. The maximum atomic E-state index is 14.4. The molecule has 6 heteroatoms. The van der Waals surface area contributed by atoms with Crippen molar-refractivity contribution < 1.29 is 19.0 Å². The summed E-state index contributed by atoms with van der Waals surface area (Å²) in [7, 11) is 0. The van der Waals surface area contributed by atoms with Crippen LogP contribution in [0.4, 0.5) is 4.39 Å². The molecule has 2 aliphatic rings. The molecule has 0 bridgehead atoms. The zero-order valence-corrected chi connectivity index (χ0v) is 14.6. The summed E-state index contributed by atoms with van der Waals surface area (Å²) in [6, 6.07) is 2.10. The van der Waals surface area contributed by atoms with E-state index in [0.717, 1.165) is 32.9 Å². The van der Waals surface area contributed by atoms with Gasteiger partial charge in [0.05, 0.1) is 19.1 Å². The Kier molecular flexibility index (Phi) is 4.50. The van der Waals surface area contributed by atoms with E-state index in [1.165, 1.54) is 17.4 Å². The van der Waals surface area contributed by atoms with E-state index in [4.69, 9.17) is 4.74 Å². The summed E-state index contributed by atoms with van der Waals surface area (Å²) in [5, 5.41) is 18.8. The monoisotopic (exact) mass is 349 g/mol. The van der Waals surface area contributed by atoms with E-state index in [1.807, 2.05) is 13.8 Å². The van der Waals surface area contributed by atoms with Crippen molar-refractivity contribution >= 4 is 22.9 Å². The van der Waals surface area contributed by atoms with E-state index in [-0.39, 0.29) is 6.42 Å². The average molecular weight is 349 g/mol. The van der Waals surface area contributed by atoms with E-state index in [2.05, 4.69) is 6.07 Å². The van der Waals surface area contributed by atoms with Gasteiger partial charge in [-0.05, 0) is 42.5 Å². The maximum Gasteiger partial charge on any atom is 0.306 e. The van der Waals surface area contributed by atoms with Crippen LogP contribution in [-0.2, 0) is 21.6 Å². The number of carboxylic acid groups (broad SMARTS) is 1. The van der Waals surface area contributed by atoms with Gasteiger partial charge in [0.2, 0.25) is 0 Å². The molecule has 1 aromatic heterocycles. The minimum atomic E-state index is -1.32. The Morgan fingerprint density at radius 2 is 2.38 bits per heavy atom. The van der Waals surface area contributed by atoms with Gasteiger partial charge >= 0.3 is 5.97 Å². The molecule has 2 unspecified atom stereocenters. The number of halogens is 1. The largest absolute Gasteiger partial charge is 0.481 e. The Balaban J connectivity index is 2.21. The Bertz CT molecular complexity index is 748. The number of ether oxygens (including phenoxy) is 1. The van der Waals surface area contributed by atoms with Gasteiger partial charge in [-0.15, -0.1) is 11.3 Å². The van der Waals surface area contributed by atoms with Gasteiger partial charge in [0.1, 0.15) is 17.7 Å². The number of alkyl halides is 1. The molecule has 3 rings (SSSR count). The quantitative estimate of drug-likeness (QED) is 0.886. The van der Waals surface area contributed by atoms with Crippen LogP contribution in [0.2, 0.25) is 0 Å². The van der Waals surface area contributed by atoms with Gasteiger partial charge in [-0.2, -0.15) is 5.26 Å². The van der Waals surface area contributed by atoms with Gasteiger partial charge in [0.15, 0.2) is 0 Å². The predicted octanol–water partition coefficient (Wildman–Crippen LogP) is 4.15. The second-order valence-corrected chi connectivity index (χ2v) is 7.49. The highest BCUT2D eigenvalue weighted by Crippen LogP contribution is 2.51. The van der Waals surface area contributed by atoms with Crippen LogP contribution in [0.15, 0.2) is 6.08 Å². The molecule has 0 aromatic carbocycles. The van der Waals surface area contributed by atoms with Gasteiger partial charge in [0, 0.05) is 9.75 Å².